The van der Waals surface area contributed by atoms with Gasteiger partial charge < -0.3 is 5.32 Å². The zero-order chi connectivity index (χ0) is 15.7. The molecule has 0 radical (unpaired) electrons. The van der Waals surface area contributed by atoms with E-state index in [1.54, 1.807) is 0 Å². The first-order valence-electron chi connectivity index (χ1n) is 7.61. The first kappa shape index (κ1) is 16.2. The molecule has 0 fully saturated rings. The number of hydrogen-bond acceptors (Lipinski definition) is 3. The molecule has 0 bridgehead atoms. The summed E-state index contributed by atoms with van der Waals surface area (Å²) in [5, 5.41) is 8.24. The standard InChI is InChI=1S/C17H27N3S/c1-10(8-16-13(4)19-20(7)14(16)5)18-12(3)17-9-11(2)21-15(17)6/h9-10,12,18H,8H2,1-7H3/t10-,12+/m1/s1. The Balaban J connectivity index is 2.04. The summed E-state index contributed by atoms with van der Waals surface area (Å²) in [6, 6.07) is 3.13. The number of thiophene rings is 1. The lowest BCUT2D eigenvalue weighted by Gasteiger charge is -2.20. The van der Waals surface area contributed by atoms with Crippen LogP contribution >= 0.6 is 11.3 Å². The lowest BCUT2D eigenvalue weighted by molar-refractivity contribution is 0.475. The minimum absolute atomic E-state index is 0.391. The van der Waals surface area contributed by atoms with Gasteiger partial charge in [0, 0.05) is 34.6 Å². The zero-order valence-electron chi connectivity index (χ0n) is 14.2. The van der Waals surface area contributed by atoms with Gasteiger partial charge in [-0.25, -0.2) is 0 Å². The average Bonchev–Trinajstić information content (AvgIpc) is 2.83. The molecule has 0 amide bonds. The summed E-state index contributed by atoms with van der Waals surface area (Å²) in [5.41, 5.74) is 5.24. The second-order valence-electron chi connectivity index (χ2n) is 6.14. The van der Waals surface area contributed by atoms with Crippen LogP contribution in [0.5, 0.6) is 0 Å². The highest BCUT2D eigenvalue weighted by Gasteiger charge is 2.17. The molecular formula is C17H27N3S. The number of nitrogens with one attached hydrogen (secondary N) is 1. The van der Waals surface area contributed by atoms with Crippen molar-refractivity contribution in [1.29, 1.82) is 0 Å². The van der Waals surface area contributed by atoms with Crippen LogP contribution in [0.3, 0.4) is 0 Å². The number of hydrogen-bond donors (Lipinski definition) is 1. The fraction of sp³-hybridized carbons (Fsp3) is 0.588. The second kappa shape index (κ2) is 6.32. The number of rotatable bonds is 5. The van der Waals surface area contributed by atoms with Crippen molar-refractivity contribution in [2.24, 2.45) is 7.05 Å². The van der Waals surface area contributed by atoms with E-state index in [0.29, 0.717) is 12.1 Å². The topological polar surface area (TPSA) is 29.9 Å². The summed E-state index contributed by atoms with van der Waals surface area (Å²) in [7, 11) is 2.02. The van der Waals surface area contributed by atoms with Crippen molar-refractivity contribution in [1.82, 2.24) is 15.1 Å². The van der Waals surface area contributed by atoms with Gasteiger partial charge in [-0.15, -0.1) is 11.3 Å². The van der Waals surface area contributed by atoms with Gasteiger partial charge in [0.2, 0.25) is 0 Å². The van der Waals surface area contributed by atoms with E-state index in [1.165, 1.54) is 26.6 Å². The Hall–Kier alpha value is -1.13. The van der Waals surface area contributed by atoms with Crippen LogP contribution in [-0.4, -0.2) is 15.8 Å². The van der Waals surface area contributed by atoms with E-state index in [1.807, 2.05) is 23.1 Å². The quantitative estimate of drug-likeness (QED) is 0.905. The van der Waals surface area contributed by atoms with Gasteiger partial charge in [-0.05, 0) is 65.2 Å². The minimum atomic E-state index is 0.391. The lowest BCUT2D eigenvalue weighted by atomic mass is 10.0. The van der Waals surface area contributed by atoms with Gasteiger partial charge in [-0.2, -0.15) is 5.10 Å². The molecule has 1 N–H and O–H groups in total. The minimum Gasteiger partial charge on any atom is -0.307 e. The molecule has 2 aromatic heterocycles. The molecule has 3 nitrogen and oxygen atoms in total. The van der Waals surface area contributed by atoms with E-state index in [9.17, 15) is 0 Å². The monoisotopic (exact) mass is 305 g/mol. The van der Waals surface area contributed by atoms with Gasteiger partial charge in [-0.1, -0.05) is 0 Å². The Morgan fingerprint density at radius 1 is 1.24 bits per heavy atom. The van der Waals surface area contributed by atoms with Crippen molar-refractivity contribution in [2.75, 3.05) is 0 Å². The Labute approximate surface area is 132 Å². The second-order valence-corrected chi connectivity index (χ2v) is 7.60. The maximum Gasteiger partial charge on any atom is 0.0628 e. The molecule has 0 saturated heterocycles. The molecule has 2 heterocycles. The van der Waals surface area contributed by atoms with Crippen LogP contribution in [0.1, 0.15) is 52.2 Å². The third-order valence-electron chi connectivity index (χ3n) is 4.25. The Morgan fingerprint density at radius 3 is 2.38 bits per heavy atom. The largest absolute Gasteiger partial charge is 0.307 e. The van der Waals surface area contributed by atoms with Crippen LogP contribution < -0.4 is 5.32 Å². The summed E-state index contributed by atoms with van der Waals surface area (Å²) in [5.74, 6) is 0. The lowest BCUT2D eigenvalue weighted by Crippen LogP contribution is -2.31. The molecule has 2 aromatic rings. The molecule has 21 heavy (non-hydrogen) atoms. The van der Waals surface area contributed by atoms with Gasteiger partial charge in [0.05, 0.1) is 5.69 Å². The predicted octanol–water partition coefficient (Wildman–Crippen LogP) is 4.00. The van der Waals surface area contributed by atoms with Crippen molar-refractivity contribution < 1.29 is 0 Å². The summed E-state index contributed by atoms with van der Waals surface area (Å²) in [6.07, 6.45) is 1.03. The van der Waals surface area contributed by atoms with Crippen molar-refractivity contribution in [3.05, 3.63) is 38.3 Å². The average molecular weight is 305 g/mol. The molecule has 0 saturated carbocycles. The van der Waals surface area contributed by atoms with E-state index in [2.05, 4.69) is 58.0 Å². The Bertz CT molecular complexity index is 624. The highest BCUT2D eigenvalue weighted by Crippen LogP contribution is 2.26. The summed E-state index contributed by atoms with van der Waals surface area (Å²) < 4.78 is 1.98. The van der Waals surface area contributed by atoms with Crippen LogP contribution in [0, 0.1) is 27.7 Å². The first-order valence-corrected chi connectivity index (χ1v) is 8.43. The van der Waals surface area contributed by atoms with E-state index in [4.69, 9.17) is 0 Å². The molecule has 116 valence electrons. The van der Waals surface area contributed by atoms with Crippen LogP contribution in [-0.2, 0) is 13.5 Å². The smallest absolute Gasteiger partial charge is 0.0628 e. The Morgan fingerprint density at radius 2 is 1.90 bits per heavy atom. The van der Waals surface area contributed by atoms with Crippen LogP contribution in [0.2, 0.25) is 0 Å². The van der Waals surface area contributed by atoms with Crippen LogP contribution in [0.15, 0.2) is 6.07 Å². The van der Waals surface area contributed by atoms with Gasteiger partial charge in [0.15, 0.2) is 0 Å². The summed E-state index contributed by atoms with van der Waals surface area (Å²) >= 11 is 1.88. The summed E-state index contributed by atoms with van der Waals surface area (Å²) in [4.78, 5) is 2.82. The van der Waals surface area contributed by atoms with E-state index >= 15 is 0 Å². The molecule has 2 atom stereocenters. The molecule has 0 unspecified atom stereocenters. The third-order valence-corrected chi connectivity index (χ3v) is 5.23. The van der Waals surface area contributed by atoms with Crippen LogP contribution in [0.4, 0.5) is 0 Å². The highest BCUT2D eigenvalue weighted by molar-refractivity contribution is 7.12. The van der Waals surface area contributed by atoms with Crippen molar-refractivity contribution in [3.63, 3.8) is 0 Å². The fourth-order valence-electron chi connectivity index (χ4n) is 3.07. The molecular weight excluding hydrogens is 278 g/mol. The fourth-order valence-corrected chi connectivity index (χ4v) is 4.10. The van der Waals surface area contributed by atoms with Crippen molar-refractivity contribution >= 4 is 11.3 Å². The van der Waals surface area contributed by atoms with Gasteiger partial charge in [-0.3, -0.25) is 4.68 Å². The van der Waals surface area contributed by atoms with Crippen LogP contribution in [0.25, 0.3) is 0 Å². The summed E-state index contributed by atoms with van der Waals surface area (Å²) in [6.45, 7) is 13.2. The maximum atomic E-state index is 4.51. The number of aromatic nitrogens is 2. The number of nitrogens with zero attached hydrogens (tertiary/aromatic N) is 2. The molecule has 0 spiro atoms. The van der Waals surface area contributed by atoms with Crippen molar-refractivity contribution in [2.45, 2.75) is 60.0 Å². The number of aryl methyl sites for hydroxylation is 4. The zero-order valence-corrected chi connectivity index (χ0v) is 15.1. The maximum absolute atomic E-state index is 4.51. The molecule has 2 rings (SSSR count). The van der Waals surface area contributed by atoms with Gasteiger partial charge in [0.1, 0.15) is 0 Å². The molecule has 0 aliphatic rings. The van der Waals surface area contributed by atoms with Gasteiger partial charge >= 0.3 is 0 Å². The third kappa shape index (κ3) is 3.55. The molecule has 4 heteroatoms. The highest BCUT2D eigenvalue weighted by atomic mass is 32.1. The molecule has 0 aromatic carbocycles. The van der Waals surface area contributed by atoms with E-state index in [-0.39, 0.29) is 0 Å². The Kier molecular flexibility index (Phi) is 4.89. The van der Waals surface area contributed by atoms with E-state index < -0.39 is 0 Å². The van der Waals surface area contributed by atoms with Crippen molar-refractivity contribution in [3.8, 4) is 0 Å². The predicted molar refractivity (Wildman–Crippen MR) is 91.2 cm³/mol. The molecule has 0 aliphatic carbocycles. The normalized spacial score (nSPS) is 14.4. The molecule has 0 aliphatic heterocycles. The SMILES string of the molecule is Cc1cc([C@H](C)N[C@H](C)Cc2c(C)nn(C)c2C)c(C)s1. The van der Waals surface area contributed by atoms with E-state index in [0.717, 1.165) is 12.1 Å². The van der Waals surface area contributed by atoms with Gasteiger partial charge in [0.25, 0.3) is 0 Å². The first-order chi connectivity index (χ1) is 9.79.